The fourth-order valence-electron chi connectivity index (χ4n) is 2.68. The predicted molar refractivity (Wildman–Crippen MR) is 90.8 cm³/mol. The summed E-state index contributed by atoms with van der Waals surface area (Å²) in [6.07, 6.45) is 2.23. The van der Waals surface area contributed by atoms with Crippen LogP contribution in [0.4, 0.5) is 0 Å². The van der Waals surface area contributed by atoms with Crippen molar-refractivity contribution < 1.29 is 9.53 Å². The summed E-state index contributed by atoms with van der Waals surface area (Å²) in [6.45, 7) is 7.71. The summed E-state index contributed by atoms with van der Waals surface area (Å²) in [6, 6.07) is 8.13. The third-order valence-electron chi connectivity index (χ3n) is 3.67. The number of hydrogen-bond acceptors (Lipinski definition) is 4. The molecule has 0 bridgehead atoms. The first-order valence-corrected chi connectivity index (χ1v) is 8.32. The van der Waals surface area contributed by atoms with E-state index >= 15 is 0 Å². The highest BCUT2D eigenvalue weighted by atomic mass is 32.2. The highest BCUT2D eigenvalue weighted by molar-refractivity contribution is 8.18. The number of ether oxygens (including phenoxy) is 1. The van der Waals surface area contributed by atoms with Gasteiger partial charge in [0.05, 0.1) is 17.1 Å². The molecule has 116 valence electrons. The Labute approximate surface area is 135 Å². The molecule has 3 rings (SSSR count). The second-order valence-electron chi connectivity index (χ2n) is 5.88. The molecule has 0 aromatic heterocycles. The van der Waals surface area contributed by atoms with Crippen molar-refractivity contribution in [3.63, 3.8) is 0 Å². The van der Waals surface area contributed by atoms with Crippen LogP contribution in [0.1, 0.15) is 25.0 Å². The van der Waals surface area contributed by atoms with Crippen molar-refractivity contribution in [2.45, 2.75) is 33.0 Å². The fourth-order valence-corrected chi connectivity index (χ4v) is 3.61. The minimum atomic E-state index is -0.146. The Morgan fingerprint density at radius 1 is 1.23 bits per heavy atom. The molecule has 1 aromatic rings. The van der Waals surface area contributed by atoms with Crippen molar-refractivity contribution in [2.24, 2.45) is 4.99 Å². The van der Waals surface area contributed by atoms with Gasteiger partial charge in [0.1, 0.15) is 0 Å². The van der Waals surface area contributed by atoms with Gasteiger partial charge in [-0.3, -0.25) is 4.79 Å². The Morgan fingerprint density at radius 3 is 2.50 bits per heavy atom. The van der Waals surface area contributed by atoms with Gasteiger partial charge in [-0.2, -0.15) is 4.99 Å². The minimum absolute atomic E-state index is 0.146. The van der Waals surface area contributed by atoms with Gasteiger partial charge in [-0.05, 0) is 44.2 Å². The van der Waals surface area contributed by atoms with Gasteiger partial charge in [-0.25, -0.2) is 0 Å². The van der Waals surface area contributed by atoms with Gasteiger partial charge in [-0.1, -0.05) is 29.8 Å². The molecule has 2 heterocycles. The standard InChI is InChI=1S/C17H20N2O2S/c1-11-4-6-14(7-5-11)8-15-16(20)18-17(22-15)19-9-12(2)21-13(3)10-19/h4-8,12-13H,9-10H2,1-3H3/b15-8-/t12-,13-/m1/s1. The van der Waals surface area contributed by atoms with Gasteiger partial charge < -0.3 is 9.64 Å². The van der Waals surface area contributed by atoms with Crippen LogP contribution in [0.3, 0.4) is 0 Å². The number of nitrogens with zero attached hydrogens (tertiary/aromatic N) is 2. The van der Waals surface area contributed by atoms with E-state index < -0.39 is 0 Å². The summed E-state index contributed by atoms with van der Waals surface area (Å²) in [7, 11) is 0. The summed E-state index contributed by atoms with van der Waals surface area (Å²) in [5, 5.41) is 0.797. The number of thioether (sulfide) groups is 1. The van der Waals surface area contributed by atoms with Crippen LogP contribution in [0.25, 0.3) is 6.08 Å². The Balaban J connectivity index is 1.74. The topological polar surface area (TPSA) is 41.9 Å². The molecule has 1 saturated heterocycles. The lowest BCUT2D eigenvalue weighted by molar-refractivity contribution is -0.113. The minimum Gasteiger partial charge on any atom is -0.372 e. The van der Waals surface area contributed by atoms with E-state index in [1.165, 1.54) is 17.3 Å². The zero-order valence-electron chi connectivity index (χ0n) is 13.1. The number of benzene rings is 1. The zero-order valence-corrected chi connectivity index (χ0v) is 13.9. The lowest BCUT2D eigenvalue weighted by Crippen LogP contribution is -2.47. The molecule has 1 fully saturated rings. The number of rotatable bonds is 1. The number of carbonyl (C=O) groups excluding carboxylic acids is 1. The van der Waals surface area contributed by atoms with E-state index in [-0.39, 0.29) is 18.1 Å². The Hall–Kier alpha value is -1.59. The number of carbonyl (C=O) groups is 1. The first-order valence-electron chi connectivity index (χ1n) is 7.51. The van der Waals surface area contributed by atoms with Crippen molar-refractivity contribution in [3.05, 3.63) is 40.3 Å². The highest BCUT2D eigenvalue weighted by Gasteiger charge is 2.30. The van der Waals surface area contributed by atoms with E-state index in [9.17, 15) is 4.79 Å². The van der Waals surface area contributed by atoms with Crippen LogP contribution in [0.15, 0.2) is 34.2 Å². The molecule has 0 radical (unpaired) electrons. The van der Waals surface area contributed by atoms with E-state index in [0.717, 1.165) is 23.8 Å². The van der Waals surface area contributed by atoms with Crippen molar-refractivity contribution in [2.75, 3.05) is 13.1 Å². The second kappa shape index (κ2) is 6.26. The Morgan fingerprint density at radius 2 is 1.86 bits per heavy atom. The number of aliphatic imine (C=N–C) groups is 1. The van der Waals surface area contributed by atoms with Gasteiger partial charge in [0.15, 0.2) is 5.17 Å². The van der Waals surface area contributed by atoms with E-state index in [4.69, 9.17) is 4.74 Å². The highest BCUT2D eigenvalue weighted by Crippen LogP contribution is 2.31. The lowest BCUT2D eigenvalue weighted by atomic mass is 10.1. The second-order valence-corrected chi connectivity index (χ2v) is 6.89. The lowest BCUT2D eigenvalue weighted by Gasteiger charge is -2.35. The monoisotopic (exact) mass is 316 g/mol. The molecule has 5 heteroatoms. The molecule has 2 aliphatic rings. The van der Waals surface area contributed by atoms with Gasteiger partial charge in [-0.15, -0.1) is 0 Å². The molecule has 1 amide bonds. The first-order chi connectivity index (χ1) is 10.5. The normalized spacial score (nSPS) is 27.4. The van der Waals surface area contributed by atoms with E-state index in [0.29, 0.717) is 4.91 Å². The average molecular weight is 316 g/mol. The fraction of sp³-hybridized carbons (Fsp3) is 0.412. The number of hydrogen-bond donors (Lipinski definition) is 0. The van der Waals surface area contributed by atoms with Crippen molar-refractivity contribution >= 4 is 28.9 Å². The third kappa shape index (κ3) is 3.42. The smallest absolute Gasteiger partial charge is 0.286 e. The van der Waals surface area contributed by atoms with Gasteiger partial charge >= 0.3 is 0 Å². The molecule has 0 aliphatic carbocycles. The molecule has 22 heavy (non-hydrogen) atoms. The maximum absolute atomic E-state index is 12.1. The molecule has 0 unspecified atom stereocenters. The van der Waals surface area contributed by atoms with Crippen molar-refractivity contribution in [1.82, 2.24) is 4.90 Å². The Bertz CT molecular complexity index is 627. The molecule has 0 N–H and O–H groups in total. The van der Waals surface area contributed by atoms with Crippen LogP contribution >= 0.6 is 11.8 Å². The SMILES string of the molecule is Cc1ccc(/C=C2\SC(N3C[C@@H](C)O[C@H](C)C3)=NC2=O)cc1. The molecule has 2 aliphatic heterocycles. The first kappa shape index (κ1) is 15.3. The largest absolute Gasteiger partial charge is 0.372 e. The molecule has 0 saturated carbocycles. The number of aryl methyl sites for hydroxylation is 1. The summed E-state index contributed by atoms with van der Waals surface area (Å²) >= 11 is 1.46. The maximum atomic E-state index is 12.1. The molecule has 0 spiro atoms. The summed E-state index contributed by atoms with van der Waals surface area (Å²) < 4.78 is 5.73. The van der Waals surface area contributed by atoms with E-state index in [1.807, 2.05) is 51.1 Å². The summed E-state index contributed by atoms with van der Waals surface area (Å²) in [4.78, 5) is 19.2. The quantitative estimate of drug-likeness (QED) is 0.747. The molecular formula is C17H20N2O2S. The summed E-state index contributed by atoms with van der Waals surface area (Å²) in [5.41, 5.74) is 2.24. The predicted octanol–water partition coefficient (Wildman–Crippen LogP) is 3.07. The molecule has 4 nitrogen and oxygen atoms in total. The Kier molecular flexibility index (Phi) is 4.36. The van der Waals surface area contributed by atoms with Crippen LogP contribution in [0.5, 0.6) is 0 Å². The average Bonchev–Trinajstić information content (AvgIpc) is 2.82. The zero-order chi connectivity index (χ0) is 15.7. The molecular weight excluding hydrogens is 296 g/mol. The van der Waals surface area contributed by atoms with Crippen molar-refractivity contribution in [1.29, 1.82) is 0 Å². The maximum Gasteiger partial charge on any atom is 0.286 e. The van der Waals surface area contributed by atoms with E-state index in [2.05, 4.69) is 9.89 Å². The van der Waals surface area contributed by atoms with Crippen LogP contribution in [-0.4, -0.2) is 41.3 Å². The molecule has 2 atom stereocenters. The molecule has 1 aromatic carbocycles. The van der Waals surface area contributed by atoms with Crippen molar-refractivity contribution in [3.8, 4) is 0 Å². The van der Waals surface area contributed by atoms with Gasteiger partial charge in [0, 0.05) is 13.1 Å². The van der Waals surface area contributed by atoms with Crippen LogP contribution in [-0.2, 0) is 9.53 Å². The van der Waals surface area contributed by atoms with Crippen LogP contribution < -0.4 is 0 Å². The van der Waals surface area contributed by atoms with E-state index in [1.54, 1.807) is 0 Å². The van der Waals surface area contributed by atoms with Gasteiger partial charge in [0.25, 0.3) is 5.91 Å². The van der Waals surface area contributed by atoms with Crippen LogP contribution in [0.2, 0.25) is 0 Å². The summed E-state index contributed by atoms with van der Waals surface area (Å²) in [5.74, 6) is -0.146. The number of amidine groups is 1. The van der Waals surface area contributed by atoms with Crippen LogP contribution in [0, 0.1) is 6.92 Å². The number of amides is 1. The third-order valence-corrected chi connectivity index (χ3v) is 4.72. The van der Waals surface area contributed by atoms with Gasteiger partial charge in [0.2, 0.25) is 0 Å². The number of morpholine rings is 1.